The number of rotatable bonds is 5. The lowest BCUT2D eigenvalue weighted by atomic mass is 10.3. The molecule has 0 unspecified atom stereocenters. The van der Waals surface area contributed by atoms with Crippen LogP contribution in [0.3, 0.4) is 0 Å². The standard InChI is InChI=1S/C12H16N2O4/c1-2-14(9-6-4-3-5-7-9)12(18)13-10(8-15)11(16)17/h3-7,10,15H,2,8H2,1H3,(H,13,18)(H,16,17)/t10-/m0/s1. The van der Waals surface area contributed by atoms with Crippen molar-refractivity contribution in [3.63, 3.8) is 0 Å². The largest absolute Gasteiger partial charge is 0.480 e. The third-order valence-electron chi connectivity index (χ3n) is 2.41. The van der Waals surface area contributed by atoms with Crippen LogP contribution >= 0.6 is 0 Å². The number of nitrogens with one attached hydrogen (secondary N) is 1. The van der Waals surface area contributed by atoms with E-state index >= 15 is 0 Å². The van der Waals surface area contributed by atoms with Gasteiger partial charge in [-0.2, -0.15) is 0 Å². The SMILES string of the molecule is CCN(C(=O)N[C@@H](CO)C(=O)O)c1ccccc1. The fourth-order valence-corrected chi connectivity index (χ4v) is 1.46. The van der Waals surface area contributed by atoms with Gasteiger partial charge < -0.3 is 15.5 Å². The molecule has 0 heterocycles. The zero-order valence-corrected chi connectivity index (χ0v) is 10.0. The van der Waals surface area contributed by atoms with Crippen LogP contribution in [0.2, 0.25) is 0 Å². The molecule has 1 aromatic carbocycles. The number of anilines is 1. The van der Waals surface area contributed by atoms with Gasteiger partial charge >= 0.3 is 12.0 Å². The van der Waals surface area contributed by atoms with Gasteiger partial charge in [0, 0.05) is 12.2 Å². The average Bonchev–Trinajstić information content (AvgIpc) is 2.37. The van der Waals surface area contributed by atoms with Crippen molar-refractivity contribution in [3.05, 3.63) is 30.3 Å². The van der Waals surface area contributed by atoms with Crippen molar-refractivity contribution in [2.45, 2.75) is 13.0 Å². The highest BCUT2D eigenvalue weighted by molar-refractivity contribution is 5.94. The molecule has 6 heteroatoms. The third-order valence-corrected chi connectivity index (χ3v) is 2.41. The topological polar surface area (TPSA) is 89.9 Å². The van der Waals surface area contributed by atoms with E-state index in [0.717, 1.165) is 0 Å². The molecule has 0 aromatic heterocycles. The second kappa shape index (κ2) is 6.61. The first-order valence-corrected chi connectivity index (χ1v) is 5.56. The van der Waals surface area contributed by atoms with Crippen molar-refractivity contribution in [1.82, 2.24) is 5.32 Å². The summed E-state index contributed by atoms with van der Waals surface area (Å²) in [5.74, 6) is -1.27. The maximum Gasteiger partial charge on any atom is 0.328 e. The van der Waals surface area contributed by atoms with Crippen LogP contribution in [0.25, 0.3) is 0 Å². The Morgan fingerprint density at radius 2 is 1.94 bits per heavy atom. The number of aliphatic hydroxyl groups excluding tert-OH is 1. The molecule has 0 aliphatic rings. The van der Waals surface area contributed by atoms with Gasteiger partial charge in [0.15, 0.2) is 6.04 Å². The maximum absolute atomic E-state index is 11.9. The van der Waals surface area contributed by atoms with Crippen LogP contribution in [0.15, 0.2) is 30.3 Å². The quantitative estimate of drug-likeness (QED) is 0.718. The van der Waals surface area contributed by atoms with Crippen molar-refractivity contribution in [3.8, 4) is 0 Å². The van der Waals surface area contributed by atoms with E-state index in [1.807, 2.05) is 6.07 Å². The number of hydrogen-bond acceptors (Lipinski definition) is 3. The van der Waals surface area contributed by atoms with Gasteiger partial charge in [0.2, 0.25) is 0 Å². The molecule has 0 aliphatic carbocycles. The fraction of sp³-hybridized carbons (Fsp3) is 0.333. The van der Waals surface area contributed by atoms with Crippen LogP contribution in [-0.4, -0.2) is 41.4 Å². The molecule has 0 spiro atoms. The number of benzene rings is 1. The van der Waals surface area contributed by atoms with Crippen molar-refractivity contribution in [2.24, 2.45) is 0 Å². The van der Waals surface area contributed by atoms with Crippen molar-refractivity contribution in [1.29, 1.82) is 0 Å². The highest BCUT2D eigenvalue weighted by atomic mass is 16.4. The smallest absolute Gasteiger partial charge is 0.328 e. The van der Waals surface area contributed by atoms with Gasteiger partial charge in [-0.15, -0.1) is 0 Å². The Morgan fingerprint density at radius 3 is 2.39 bits per heavy atom. The van der Waals surface area contributed by atoms with E-state index in [9.17, 15) is 9.59 Å². The number of carboxylic acid groups (broad SMARTS) is 1. The lowest BCUT2D eigenvalue weighted by Gasteiger charge is -2.23. The molecule has 0 fully saturated rings. The maximum atomic E-state index is 11.9. The van der Waals surface area contributed by atoms with Gasteiger partial charge in [-0.05, 0) is 19.1 Å². The normalized spacial score (nSPS) is 11.7. The lowest BCUT2D eigenvalue weighted by molar-refractivity contribution is -0.140. The molecular weight excluding hydrogens is 236 g/mol. The van der Waals surface area contributed by atoms with Crippen LogP contribution in [-0.2, 0) is 4.79 Å². The lowest BCUT2D eigenvalue weighted by Crippen LogP contribution is -2.49. The number of hydrogen-bond donors (Lipinski definition) is 3. The number of carbonyl (C=O) groups is 2. The first kappa shape index (κ1) is 14.0. The minimum Gasteiger partial charge on any atom is -0.480 e. The van der Waals surface area contributed by atoms with E-state index < -0.39 is 24.6 Å². The van der Waals surface area contributed by atoms with Crippen LogP contribution in [0, 0.1) is 0 Å². The molecule has 0 aliphatic heterocycles. The average molecular weight is 252 g/mol. The molecule has 0 radical (unpaired) electrons. The molecule has 1 aromatic rings. The second-order valence-corrected chi connectivity index (χ2v) is 3.60. The first-order valence-electron chi connectivity index (χ1n) is 5.56. The number of aliphatic carboxylic acids is 1. The van der Waals surface area contributed by atoms with Gasteiger partial charge in [0.1, 0.15) is 0 Å². The molecule has 0 bridgehead atoms. The number of para-hydroxylation sites is 1. The van der Waals surface area contributed by atoms with Crippen LogP contribution < -0.4 is 10.2 Å². The van der Waals surface area contributed by atoms with E-state index in [1.165, 1.54) is 4.90 Å². The Labute approximate surface area is 105 Å². The monoisotopic (exact) mass is 252 g/mol. The number of carbonyl (C=O) groups excluding carboxylic acids is 1. The molecule has 6 nitrogen and oxygen atoms in total. The summed E-state index contributed by atoms with van der Waals surface area (Å²) in [6.07, 6.45) is 0. The minimum atomic E-state index is -1.30. The van der Waals surface area contributed by atoms with Crippen molar-refractivity contribution < 1.29 is 19.8 Å². The molecule has 98 valence electrons. The number of nitrogens with zero attached hydrogens (tertiary/aromatic N) is 1. The van der Waals surface area contributed by atoms with E-state index in [-0.39, 0.29) is 0 Å². The van der Waals surface area contributed by atoms with Crippen LogP contribution in [0.4, 0.5) is 10.5 Å². The predicted molar refractivity (Wildman–Crippen MR) is 66.5 cm³/mol. The molecule has 3 N–H and O–H groups in total. The Morgan fingerprint density at radius 1 is 1.33 bits per heavy atom. The molecule has 0 saturated heterocycles. The van der Waals surface area contributed by atoms with Crippen LogP contribution in [0.1, 0.15) is 6.92 Å². The first-order chi connectivity index (χ1) is 8.60. The number of carboxylic acids is 1. The highest BCUT2D eigenvalue weighted by Gasteiger charge is 2.22. The molecule has 18 heavy (non-hydrogen) atoms. The molecule has 0 saturated carbocycles. The number of aliphatic hydroxyl groups is 1. The summed E-state index contributed by atoms with van der Waals surface area (Å²) in [4.78, 5) is 24.0. The van der Waals surface area contributed by atoms with Gasteiger partial charge in [0.05, 0.1) is 6.61 Å². The summed E-state index contributed by atoms with van der Waals surface area (Å²) in [6, 6.07) is 7.04. The molecule has 1 rings (SSSR count). The van der Waals surface area contributed by atoms with Gasteiger partial charge in [-0.1, -0.05) is 18.2 Å². The Balaban J connectivity index is 2.78. The van der Waals surface area contributed by atoms with E-state index in [2.05, 4.69) is 5.32 Å². The third kappa shape index (κ3) is 3.46. The summed E-state index contributed by atoms with van der Waals surface area (Å²) in [6.45, 7) is 1.53. The Hall–Kier alpha value is -2.08. The van der Waals surface area contributed by atoms with Crippen molar-refractivity contribution >= 4 is 17.7 Å². The van der Waals surface area contributed by atoms with E-state index in [1.54, 1.807) is 31.2 Å². The Kier molecular flexibility index (Phi) is 5.13. The zero-order chi connectivity index (χ0) is 13.5. The predicted octanol–water partition coefficient (Wildman–Crippen LogP) is 0.668. The van der Waals surface area contributed by atoms with E-state index in [4.69, 9.17) is 10.2 Å². The summed E-state index contributed by atoms with van der Waals surface area (Å²) in [7, 11) is 0. The van der Waals surface area contributed by atoms with E-state index in [0.29, 0.717) is 12.2 Å². The zero-order valence-electron chi connectivity index (χ0n) is 10.0. The van der Waals surface area contributed by atoms with Gasteiger partial charge in [0.25, 0.3) is 0 Å². The summed E-state index contributed by atoms with van der Waals surface area (Å²) in [5.41, 5.74) is 0.666. The fourth-order valence-electron chi connectivity index (χ4n) is 1.46. The van der Waals surface area contributed by atoms with Crippen LogP contribution in [0.5, 0.6) is 0 Å². The minimum absolute atomic E-state index is 0.396. The highest BCUT2D eigenvalue weighted by Crippen LogP contribution is 2.12. The summed E-state index contributed by atoms with van der Waals surface area (Å²) < 4.78 is 0. The summed E-state index contributed by atoms with van der Waals surface area (Å²) in [5, 5.41) is 19.9. The van der Waals surface area contributed by atoms with Gasteiger partial charge in [-0.25, -0.2) is 9.59 Å². The number of amides is 2. The molecular formula is C12H16N2O4. The molecule has 2 amide bonds. The summed E-state index contributed by atoms with van der Waals surface area (Å²) >= 11 is 0. The number of urea groups is 1. The molecule has 1 atom stereocenters. The van der Waals surface area contributed by atoms with Crippen molar-refractivity contribution in [2.75, 3.05) is 18.1 Å². The second-order valence-electron chi connectivity index (χ2n) is 3.60. The van der Waals surface area contributed by atoms with Gasteiger partial charge in [-0.3, -0.25) is 4.90 Å². The Bertz CT molecular complexity index is 408.